The fraction of sp³-hybridized carbons (Fsp3) is 1.00. The zero-order chi connectivity index (χ0) is 11.4. The van der Waals surface area contributed by atoms with Gasteiger partial charge >= 0.3 is 0 Å². The molecule has 14 heavy (non-hydrogen) atoms. The van der Waals surface area contributed by atoms with E-state index in [0.717, 1.165) is 0 Å². The maximum absolute atomic E-state index is 2.42. The third-order valence-electron chi connectivity index (χ3n) is 4.36. The summed E-state index contributed by atoms with van der Waals surface area (Å²) in [6, 6.07) is 0. The van der Waals surface area contributed by atoms with E-state index in [-0.39, 0.29) is 0 Å². The van der Waals surface area contributed by atoms with Crippen molar-refractivity contribution in [2.24, 2.45) is 5.41 Å². The van der Waals surface area contributed by atoms with E-state index in [1.54, 1.807) is 0 Å². The second-order valence-electron chi connectivity index (χ2n) is 5.44. The first-order chi connectivity index (χ1) is 6.33. The van der Waals surface area contributed by atoms with Crippen LogP contribution in [0.25, 0.3) is 0 Å². The molecule has 0 aliphatic carbocycles. The Balaban J connectivity index is 4.59. The van der Waals surface area contributed by atoms with E-state index in [9.17, 15) is 0 Å². The Hall–Kier alpha value is -0.0400. The van der Waals surface area contributed by atoms with E-state index in [2.05, 4.69) is 53.6 Å². The number of nitrogens with zero attached hydrogens (tertiary/aromatic N) is 1. The van der Waals surface area contributed by atoms with Crippen LogP contribution in [-0.4, -0.2) is 24.5 Å². The molecule has 0 amide bonds. The maximum Gasteiger partial charge on any atom is 0.0177 e. The molecule has 0 fully saturated rings. The first kappa shape index (κ1) is 14.0. The lowest BCUT2D eigenvalue weighted by Crippen LogP contribution is -2.44. The molecular formula is C13H29N. The van der Waals surface area contributed by atoms with Crippen molar-refractivity contribution in [3.05, 3.63) is 0 Å². The van der Waals surface area contributed by atoms with Crippen molar-refractivity contribution in [3.63, 3.8) is 0 Å². The lowest BCUT2D eigenvalue weighted by molar-refractivity contribution is 0.0858. The largest absolute Gasteiger partial charge is 0.304 e. The summed E-state index contributed by atoms with van der Waals surface area (Å²) in [5, 5.41) is 0. The first-order valence-electron chi connectivity index (χ1n) is 6.01. The van der Waals surface area contributed by atoms with Crippen LogP contribution in [0.4, 0.5) is 0 Å². The summed E-state index contributed by atoms with van der Waals surface area (Å²) in [6.45, 7) is 11.7. The minimum atomic E-state index is 0.362. The lowest BCUT2D eigenvalue weighted by Gasteiger charge is -2.43. The van der Waals surface area contributed by atoms with Gasteiger partial charge in [-0.15, -0.1) is 0 Å². The van der Waals surface area contributed by atoms with Gasteiger partial charge in [-0.25, -0.2) is 0 Å². The average Bonchev–Trinajstić information content (AvgIpc) is 2.17. The molecule has 0 aliphatic heterocycles. The Morgan fingerprint density at radius 3 is 1.50 bits per heavy atom. The molecule has 86 valence electrons. The van der Waals surface area contributed by atoms with Gasteiger partial charge in [-0.2, -0.15) is 0 Å². The highest BCUT2D eigenvalue weighted by Gasteiger charge is 2.33. The van der Waals surface area contributed by atoms with Crippen molar-refractivity contribution in [3.8, 4) is 0 Å². The summed E-state index contributed by atoms with van der Waals surface area (Å²) in [6.07, 6.45) is 5.10. The van der Waals surface area contributed by atoms with Crippen molar-refractivity contribution in [1.29, 1.82) is 0 Å². The average molecular weight is 199 g/mol. The van der Waals surface area contributed by atoms with Gasteiger partial charge in [-0.3, -0.25) is 0 Å². The predicted molar refractivity (Wildman–Crippen MR) is 65.7 cm³/mol. The maximum atomic E-state index is 2.42. The molecule has 0 saturated heterocycles. The van der Waals surface area contributed by atoms with E-state index < -0.39 is 0 Å². The van der Waals surface area contributed by atoms with Crippen LogP contribution >= 0.6 is 0 Å². The molecule has 1 atom stereocenters. The van der Waals surface area contributed by atoms with Crippen LogP contribution < -0.4 is 0 Å². The number of hydrogen-bond acceptors (Lipinski definition) is 1. The quantitative estimate of drug-likeness (QED) is 0.626. The fourth-order valence-electron chi connectivity index (χ4n) is 2.02. The smallest absolute Gasteiger partial charge is 0.0177 e. The second kappa shape index (κ2) is 5.16. The molecule has 0 aromatic rings. The molecule has 1 heteroatoms. The summed E-state index contributed by atoms with van der Waals surface area (Å²) in [4.78, 5) is 2.39. The van der Waals surface area contributed by atoms with Crippen molar-refractivity contribution in [2.45, 2.75) is 65.8 Å². The van der Waals surface area contributed by atoms with Gasteiger partial charge in [-0.1, -0.05) is 40.5 Å². The van der Waals surface area contributed by atoms with Gasteiger partial charge < -0.3 is 4.90 Å². The minimum absolute atomic E-state index is 0.362. The van der Waals surface area contributed by atoms with Crippen LogP contribution in [0.1, 0.15) is 60.3 Å². The number of rotatable bonds is 6. The molecule has 0 N–H and O–H groups in total. The molecule has 0 rings (SSSR count). The van der Waals surface area contributed by atoms with Gasteiger partial charge in [0.15, 0.2) is 0 Å². The third-order valence-corrected chi connectivity index (χ3v) is 4.36. The molecule has 0 radical (unpaired) electrons. The van der Waals surface area contributed by atoms with E-state index in [1.807, 2.05) is 0 Å². The molecule has 0 spiro atoms. The SMILES string of the molecule is CCC(C)(CC)CC(C)(CC)N(C)C. The van der Waals surface area contributed by atoms with Gasteiger partial charge in [0.1, 0.15) is 0 Å². The normalized spacial score (nSPS) is 17.1. The molecule has 1 unspecified atom stereocenters. The molecule has 0 aromatic carbocycles. The molecule has 0 aromatic heterocycles. The van der Waals surface area contributed by atoms with Crippen LogP contribution in [0.3, 0.4) is 0 Å². The van der Waals surface area contributed by atoms with Crippen molar-refractivity contribution in [1.82, 2.24) is 4.90 Å². The zero-order valence-electron chi connectivity index (χ0n) is 11.3. The predicted octanol–water partition coefficient (Wildman–Crippen LogP) is 3.93. The Morgan fingerprint density at radius 1 is 0.857 bits per heavy atom. The van der Waals surface area contributed by atoms with Crippen molar-refractivity contribution >= 4 is 0 Å². The van der Waals surface area contributed by atoms with Crippen molar-refractivity contribution < 1.29 is 0 Å². The Labute approximate surface area is 90.9 Å². The number of hydrogen-bond donors (Lipinski definition) is 0. The van der Waals surface area contributed by atoms with Crippen LogP contribution in [-0.2, 0) is 0 Å². The molecule has 0 heterocycles. The Morgan fingerprint density at radius 2 is 1.29 bits per heavy atom. The highest BCUT2D eigenvalue weighted by molar-refractivity contribution is 4.88. The van der Waals surface area contributed by atoms with Crippen LogP contribution in [0.15, 0.2) is 0 Å². The fourth-order valence-corrected chi connectivity index (χ4v) is 2.02. The topological polar surface area (TPSA) is 3.24 Å². The summed E-state index contributed by atoms with van der Waals surface area (Å²) < 4.78 is 0. The highest BCUT2D eigenvalue weighted by atomic mass is 15.1. The third kappa shape index (κ3) is 3.27. The standard InChI is InChI=1S/C13H29N/c1-8-12(4,9-2)11-13(5,10-3)14(6)7/h8-11H2,1-7H3. The van der Waals surface area contributed by atoms with Gasteiger partial charge in [0.05, 0.1) is 0 Å². The summed E-state index contributed by atoms with van der Waals surface area (Å²) >= 11 is 0. The minimum Gasteiger partial charge on any atom is -0.304 e. The van der Waals surface area contributed by atoms with E-state index in [4.69, 9.17) is 0 Å². The molecular weight excluding hydrogens is 170 g/mol. The Kier molecular flexibility index (Phi) is 5.14. The second-order valence-corrected chi connectivity index (χ2v) is 5.44. The van der Waals surface area contributed by atoms with Gasteiger partial charge in [0, 0.05) is 5.54 Å². The van der Waals surface area contributed by atoms with Crippen LogP contribution in [0.2, 0.25) is 0 Å². The Bertz CT molecular complexity index is 159. The van der Waals surface area contributed by atoms with E-state index in [1.165, 1.54) is 25.7 Å². The monoisotopic (exact) mass is 199 g/mol. The van der Waals surface area contributed by atoms with Crippen LogP contribution in [0.5, 0.6) is 0 Å². The highest BCUT2D eigenvalue weighted by Crippen LogP contribution is 2.38. The van der Waals surface area contributed by atoms with E-state index >= 15 is 0 Å². The first-order valence-corrected chi connectivity index (χ1v) is 6.01. The summed E-state index contributed by atoms with van der Waals surface area (Å²) in [7, 11) is 4.41. The molecule has 0 saturated carbocycles. The zero-order valence-corrected chi connectivity index (χ0v) is 11.3. The lowest BCUT2D eigenvalue weighted by atomic mass is 9.73. The van der Waals surface area contributed by atoms with Crippen molar-refractivity contribution in [2.75, 3.05) is 14.1 Å². The van der Waals surface area contributed by atoms with Gasteiger partial charge in [-0.05, 0) is 39.3 Å². The van der Waals surface area contributed by atoms with Crippen LogP contribution in [0, 0.1) is 5.41 Å². The molecule has 0 aliphatic rings. The summed E-state index contributed by atoms with van der Waals surface area (Å²) in [5.74, 6) is 0. The molecule has 1 nitrogen and oxygen atoms in total. The molecule has 0 bridgehead atoms. The van der Waals surface area contributed by atoms with Gasteiger partial charge in [0.2, 0.25) is 0 Å². The van der Waals surface area contributed by atoms with Gasteiger partial charge in [0.25, 0.3) is 0 Å². The van der Waals surface area contributed by atoms with E-state index in [0.29, 0.717) is 11.0 Å². The summed E-state index contributed by atoms with van der Waals surface area (Å²) in [5.41, 5.74) is 0.871.